The number of hydrogen-bond donors (Lipinski definition) is 0. The van der Waals surface area contributed by atoms with Crippen LogP contribution in [-0.2, 0) is 11.3 Å². The van der Waals surface area contributed by atoms with Gasteiger partial charge in [-0.05, 0) is 41.5 Å². The normalized spacial score (nSPS) is 10.3. The van der Waals surface area contributed by atoms with Crippen LogP contribution in [-0.4, -0.2) is 32.1 Å². The van der Waals surface area contributed by atoms with Crippen LogP contribution in [0.5, 0.6) is 11.5 Å². The van der Waals surface area contributed by atoms with Crippen molar-refractivity contribution in [1.29, 1.82) is 5.26 Å². The van der Waals surface area contributed by atoms with Crippen LogP contribution < -0.4 is 9.47 Å². The standard InChI is InChI=1S/C20H20N2O3/c1-22(14-17-8-10-18(24-2)19(12-17)25-3)20(23)11-9-15-4-6-16(13-21)7-5-15/h4-12H,14H2,1-3H3/b11-9+. The number of carbonyl (C=O) groups excluding carboxylic acids is 1. The van der Waals surface area contributed by atoms with Crippen molar-refractivity contribution >= 4 is 12.0 Å². The predicted molar refractivity (Wildman–Crippen MR) is 96.2 cm³/mol. The maximum Gasteiger partial charge on any atom is 0.246 e. The minimum absolute atomic E-state index is 0.112. The van der Waals surface area contributed by atoms with Gasteiger partial charge in [0.15, 0.2) is 11.5 Å². The van der Waals surface area contributed by atoms with E-state index in [0.717, 1.165) is 11.1 Å². The molecule has 1 amide bonds. The van der Waals surface area contributed by atoms with Crippen LogP contribution in [0.1, 0.15) is 16.7 Å². The smallest absolute Gasteiger partial charge is 0.246 e. The first-order valence-corrected chi connectivity index (χ1v) is 7.71. The molecule has 0 fully saturated rings. The number of amides is 1. The third-order valence-corrected chi connectivity index (χ3v) is 3.70. The van der Waals surface area contributed by atoms with Crippen molar-refractivity contribution in [2.75, 3.05) is 21.3 Å². The highest BCUT2D eigenvalue weighted by Crippen LogP contribution is 2.27. The van der Waals surface area contributed by atoms with E-state index in [-0.39, 0.29) is 5.91 Å². The third kappa shape index (κ3) is 4.85. The second kappa shape index (κ2) is 8.55. The lowest BCUT2D eigenvalue weighted by atomic mass is 10.1. The van der Waals surface area contributed by atoms with Crippen LogP contribution in [0, 0.1) is 11.3 Å². The first-order valence-electron chi connectivity index (χ1n) is 7.71. The number of benzene rings is 2. The van der Waals surface area contributed by atoms with E-state index in [4.69, 9.17) is 14.7 Å². The average Bonchev–Trinajstić information content (AvgIpc) is 2.66. The van der Waals surface area contributed by atoms with E-state index in [1.54, 1.807) is 56.5 Å². The zero-order chi connectivity index (χ0) is 18.2. The fourth-order valence-electron chi connectivity index (χ4n) is 2.29. The number of rotatable bonds is 6. The lowest BCUT2D eigenvalue weighted by Gasteiger charge is -2.16. The summed E-state index contributed by atoms with van der Waals surface area (Å²) in [6, 6.07) is 14.7. The molecule has 0 N–H and O–H groups in total. The largest absolute Gasteiger partial charge is 0.493 e. The highest BCUT2D eigenvalue weighted by molar-refractivity contribution is 5.91. The van der Waals surface area contributed by atoms with E-state index in [2.05, 4.69) is 6.07 Å². The zero-order valence-electron chi connectivity index (χ0n) is 14.5. The number of nitrogens with zero attached hydrogens (tertiary/aromatic N) is 2. The van der Waals surface area contributed by atoms with Gasteiger partial charge in [0, 0.05) is 19.7 Å². The van der Waals surface area contributed by atoms with Crippen LogP contribution in [0.15, 0.2) is 48.5 Å². The monoisotopic (exact) mass is 336 g/mol. The Morgan fingerprint density at radius 3 is 2.40 bits per heavy atom. The van der Waals surface area contributed by atoms with E-state index in [1.807, 2.05) is 18.2 Å². The molecule has 0 aliphatic carbocycles. The van der Waals surface area contributed by atoms with Gasteiger partial charge in [0.05, 0.1) is 25.9 Å². The second-order valence-corrected chi connectivity index (χ2v) is 5.45. The summed E-state index contributed by atoms with van der Waals surface area (Å²) in [5.41, 5.74) is 2.40. The molecule has 0 saturated carbocycles. The van der Waals surface area contributed by atoms with Gasteiger partial charge < -0.3 is 14.4 Å². The third-order valence-electron chi connectivity index (χ3n) is 3.70. The van der Waals surface area contributed by atoms with Gasteiger partial charge in [-0.25, -0.2) is 0 Å². The molecule has 0 aliphatic heterocycles. The molecule has 0 spiro atoms. The zero-order valence-corrected chi connectivity index (χ0v) is 14.5. The number of likely N-dealkylation sites (N-methyl/N-ethyl adjacent to an activating group) is 1. The van der Waals surface area contributed by atoms with Crippen LogP contribution in [0.2, 0.25) is 0 Å². The molecular weight excluding hydrogens is 316 g/mol. The SMILES string of the molecule is COc1ccc(CN(C)C(=O)/C=C/c2ccc(C#N)cc2)cc1OC. The average molecular weight is 336 g/mol. The summed E-state index contributed by atoms with van der Waals surface area (Å²) in [6.45, 7) is 0.455. The molecule has 0 heterocycles. The molecule has 2 rings (SSSR count). The molecule has 0 atom stereocenters. The van der Waals surface area contributed by atoms with Gasteiger partial charge in [0.2, 0.25) is 5.91 Å². The van der Waals surface area contributed by atoms with E-state index >= 15 is 0 Å². The molecular formula is C20H20N2O3. The van der Waals surface area contributed by atoms with Crippen molar-refractivity contribution in [3.8, 4) is 17.6 Å². The Kier molecular flexibility index (Phi) is 6.19. The van der Waals surface area contributed by atoms with E-state index in [9.17, 15) is 4.79 Å². The lowest BCUT2D eigenvalue weighted by molar-refractivity contribution is -0.125. The first kappa shape index (κ1) is 18.1. The van der Waals surface area contributed by atoms with Gasteiger partial charge in [0.1, 0.15) is 0 Å². The van der Waals surface area contributed by atoms with Gasteiger partial charge in [-0.3, -0.25) is 4.79 Å². The molecule has 25 heavy (non-hydrogen) atoms. The molecule has 0 aliphatic rings. The quantitative estimate of drug-likeness (QED) is 0.760. The van der Waals surface area contributed by atoms with Gasteiger partial charge in [-0.15, -0.1) is 0 Å². The van der Waals surface area contributed by atoms with Crippen molar-refractivity contribution in [2.24, 2.45) is 0 Å². The Balaban J connectivity index is 2.02. The molecule has 0 unspecified atom stereocenters. The lowest BCUT2D eigenvalue weighted by Crippen LogP contribution is -2.24. The molecule has 2 aromatic rings. The summed E-state index contributed by atoms with van der Waals surface area (Å²) in [4.78, 5) is 13.9. The predicted octanol–water partition coefficient (Wildman–Crippen LogP) is 3.25. The fraction of sp³-hybridized carbons (Fsp3) is 0.200. The van der Waals surface area contributed by atoms with Crippen molar-refractivity contribution in [1.82, 2.24) is 4.90 Å². The molecule has 0 saturated heterocycles. The van der Waals surface area contributed by atoms with E-state index in [1.165, 1.54) is 6.08 Å². The number of carbonyl (C=O) groups is 1. The Bertz CT molecular complexity index is 805. The first-order chi connectivity index (χ1) is 12.1. The van der Waals surface area contributed by atoms with E-state index in [0.29, 0.717) is 23.6 Å². The molecule has 5 nitrogen and oxygen atoms in total. The molecule has 5 heteroatoms. The van der Waals surface area contributed by atoms with Crippen LogP contribution in [0.25, 0.3) is 6.08 Å². The highest BCUT2D eigenvalue weighted by atomic mass is 16.5. The second-order valence-electron chi connectivity index (χ2n) is 5.45. The maximum absolute atomic E-state index is 12.3. The molecule has 0 radical (unpaired) electrons. The fourth-order valence-corrected chi connectivity index (χ4v) is 2.29. The molecule has 0 aromatic heterocycles. The summed E-state index contributed by atoms with van der Waals surface area (Å²) in [5.74, 6) is 1.18. The number of nitriles is 1. The van der Waals surface area contributed by atoms with E-state index < -0.39 is 0 Å². The Labute approximate surface area is 147 Å². The maximum atomic E-state index is 12.3. The number of ether oxygens (including phenoxy) is 2. The summed E-state index contributed by atoms with van der Waals surface area (Å²) in [6.07, 6.45) is 3.25. The highest BCUT2D eigenvalue weighted by Gasteiger charge is 2.09. The summed E-state index contributed by atoms with van der Waals surface area (Å²) >= 11 is 0. The number of methoxy groups -OCH3 is 2. The van der Waals surface area contributed by atoms with Crippen LogP contribution in [0.4, 0.5) is 0 Å². The van der Waals surface area contributed by atoms with Gasteiger partial charge in [-0.1, -0.05) is 18.2 Å². The minimum atomic E-state index is -0.112. The Morgan fingerprint density at radius 2 is 1.80 bits per heavy atom. The number of hydrogen-bond acceptors (Lipinski definition) is 4. The molecule has 2 aromatic carbocycles. The van der Waals surface area contributed by atoms with Gasteiger partial charge >= 0.3 is 0 Å². The van der Waals surface area contributed by atoms with Crippen molar-refractivity contribution in [3.05, 3.63) is 65.2 Å². The minimum Gasteiger partial charge on any atom is -0.493 e. The van der Waals surface area contributed by atoms with Crippen LogP contribution >= 0.6 is 0 Å². The molecule has 128 valence electrons. The summed E-state index contributed by atoms with van der Waals surface area (Å²) in [5, 5.41) is 8.78. The van der Waals surface area contributed by atoms with Crippen LogP contribution in [0.3, 0.4) is 0 Å². The summed E-state index contributed by atoms with van der Waals surface area (Å²) in [7, 11) is 4.90. The Morgan fingerprint density at radius 1 is 1.12 bits per heavy atom. The van der Waals surface area contributed by atoms with Crippen molar-refractivity contribution < 1.29 is 14.3 Å². The van der Waals surface area contributed by atoms with Gasteiger partial charge in [0.25, 0.3) is 0 Å². The topological polar surface area (TPSA) is 62.6 Å². The molecule has 0 bridgehead atoms. The summed E-state index contributed by atoms with van der Waals surface area (Å²) < 4.78 is 10.5. The van der Waals surface area contributed by atoms with Gasteiger partial charge in [-0.2, -0.15) is 5.26 Å². The van der Waals surface area contributed by atoms with Crippen molar-refractivity contribution in [2.45, 2.75) is 6.54 Å². The Hall–Kier alpha value is -3.26. The van der Waals surface area contributed by atoms with Crippen molar-refractivity contribution in [3.63, 3.8) is 0 Å².